The van der Waals surface area contributed by atoms with Gasteiger partial charge in [0.1, 0.15) is 0 Å². The van der Waals surface area contributed by atoms with Crippen molar-refractivity contribution in [1.29, 1.82) is 0 Å². The number of benzene rings is 2. The number of rotatable bonds is 5. The molecule has 2 aromatic rings. The van der Waals surface area contributed by atoms with Crippen molar-refractivity contribution in [3.63, 3.8) is 0 Å². The lowest BCUT2D eigenvalue weighted by Gasteiger charge is -2.30. The molecule has 0 unspecified atom stereocenters. The van der Waals surface area contributed by atoms with E-state index in [9.17, 15) is 13.2 Å². The number of sulfonamides is 1. The quantitative estimate of drug-likeness (QED) is 0.854. The summed E-state index contributed by atoms with van der Waals surface area (Å²) in [6, 6.07) is 12.6. The van der Waals surface area contributed by atoms with Crippen LogP contribution in [0.15, 0.2) is 42.5 Å². The zero-order chi connectivity index (χ0) is 18.0. The second kappa shape index (κ2) is 6.85. The molecule has 132 valence electrons. The molecule has 0 saturated carbocycles. The summed E-state index contributed by atoms with van der Waals surface area (Å²) < 4.78 is 25.6. The molecule has 3 rings (SSSR count). The maximum absolute atomic E-state index is 11.5. The monoisotopic (exact) mass is 360 g/mol. The van der Waals surface area contributed by atoms with E-state index in [-0.39, 0.29) is 5.56 Å². The number of hydrogen-bond acceptors (Lipinski definition) is 4. The average Bonchev–Trinajstić information content (AvgIpc) is 2.54. The highest BCUT2D eigenvalue weighted by Crippen LogP contribution is 2.27. The summed E-state index contributed by atoms with van der Waals surface area (Å²) in [6.07, 6.45) is 1.89. The van der Waals surface area contributed by atoms with Gasteiger partial charge in [-0.3, -0.25) is 9.62 Å². The van der Waals surface area contributed by atoms with Crippen molar-refractivity contribution in [3.05, 3.63) is 64.7 Å². The highest BCUT2D eigenvalue weighted by Gasteiger charge is 2.20. The fraction of sp³-hybridized carbons (Fsp3) is 0.278. The minimum Gasteiger partial charge on any atom is -0.478 e. The number of anilines is 1. The molecule has 0 saturated heterocycles. The van der Waals surface area contributed by atoms with Crippen LogP contribution in [0.25, 0.3) is 0 Å². The molecule has 0 spiro atoms. The summed E-state index contributed by atoms with van der Waals surface area (Å²) in [5.74, 6) is -0.928. The Bertz CT molecular complexity index is 909. The van der Waals surface area contributed by atoms with Gasteiger partial charge in [-0.05, 0) is 41.3 Å². The molecule has 0 aliphatic carbocycles. The van der Waals surface area contributed by atoms with Crippen molar-refractivity contribution in [3.8, 4) is 0 Å². The molecule has 0 aromatic heterocycles. The van der Waals surface area contributed by atoms with Gasteiger partial charge in [0.2, 0.25) is 10.0 Å². The molecule has 1 heterocycles. The molecular weight excluding hydrogens is 340 g/mol. The van der Waals surface area contributed by atoms with Gasteiger partial charge in [-0.15, -0.1) is 0 Å². The number of hydrogen-bond donors (Lipinski definition) is 2. The number of carboxylic acids is 1. The first-order chi connectivity index (χ1) is 11.8. The van der Waals surface area contributed by atoms with E-state index in [1.54, 1.807) is 24.3 Å². The van der Waals surface area contributed by atoms with Gasteiger partial charge in [-0.25, -0.2) is 13.2 Å². The number of carbonyl (C=O) groups is 1. The summed E-state index contributed by atoms with van der Waals surface area (Å²) in [6.45, 7) is 2.14. The van der Waals surface area contributed by atoms with Crippen LogP contribution in [0.5, 0.6) is 0 Å². The van der Waals surface area contributed by atoms with Gasteiger partial charge in [0.25, 0.3) is 0 Å². The molecule has 0 amide bonds. The van der Waals surface area contributed by atoms with Crippen LogP contribution in [0.2, 0.25) is 0 Å². The highest BCUT2D eigenvalue weighted by molar-refractivity contribution is 7.92. The minimum absolute atomic E-state index is 0.287. The second-order valence-corrected chi connectivity index (χ2v) is 8.03. The van der Waals surface area contributed by atoms with E-state index >= 15 is 0 Å². The van der Waals surface area contributed by atoms with E-state index < -0.39 is 16.0 Å². The van der Waals surface area contributed by atoms with Crippen molar-refractivity contribution >= 4 is 21.7 Å². The summed E-state index contributed by atoms with van der Waals surface area (Å²) in [4.78, 5) is 13.3. The summed E-state index contributed by atoms with van der Waals surface area (Å²) in [5.41, 5.74) is 4.01. The summed E-state index contributed by atoms with van der Waals surface area (Å²) in [5, 5.41) is 9.10. The first-order valence-electron chi connectivity index (χ1n) is 7.95. The summed E-state index contributed by atoms with van der Waals surface area (Å²) >= 11 is 0. The smallest absolute Gasteiger partial charge is 0.335 e. The summed E-state index contributed by atoms with van der Waals surface area (Å²) in [7, 11) is -3.30. The van der Waals surface area contributed by atoms with Crippen LogP contribution in [-0.4, -0.2) is 37.2 Å². The van der Waals surface area contributed by atoms with Gasteiger partial charge in [0.15, 0.2) is 0 Å². The van der Waals surface area contributed by atoms with E-state index in [1.807, 2.05) is 18.2 Å². The topological polar surface area (TPSA) is 86.7 Å². The molecule has 1 aliphatic rings. The molecule has 0 bridgehead atoms. The maximum Gasteiger partial charge on any atom is 0.335 e. The minimum atomic E-state index is -3.30. The van der Waals surface area contributed by atoms with Crippen LogP contribution in [0.3, 0.4) is 0 Å². The third-order valence-electron chi connectivity index (χ3n) is 4.22. The molecule has 2 N–H and O–H groups in total. The van der Waals surface area contributed by atoms with E-state index in [2.05, 4.69) is 9.62 Å². The lowest BCUT2D eigenvalue weighted by Crippen LogP contribution is -2.30. The Labute approximate surface area is 147 Å². The van der Waals surface area contributed by atoms with Crippen molar-refractivity contribution in [2.24, 2.45) is 0 Å². The fourth-order valence-electron chi connectivity index (χ4n) is 3.16. The van der Waals surface area contributed by atoms with Crippen molar-refractivity contribution in [1.82, 2.24) is 4.90 Å². The van der Waals surface area contributed by atoms with E-state index in [1.165, 1.54) is 0 Å². The third kappa shape index (κ3) is 4.37. The lowest BCUT2D eigenvalue weighted by atomic mass is 9.97. The Hall–Kier alpha value is -2.38. The van der Waals surface area contributed by atoms with Gasteiger partial charge in [-0.2, -0.15) is 0 Å². The van der Waals surface area contributed by atoms with Gasteiger partial charge in [-0.1, -0.05) is 24.3 Å². The van der Waals surface area contributed by atoms with Crippen molar-refractivity contribution < 1.29 is 18.3 Å². The first-order valence-corrected chi connectivity index (χ1v) is 9.84. The van der Waals surface area contributed by atoms with E-state index in [4.69, 9.17) is 5.11 Å². The molecule has 25 heavy (non-hydrogen) atoms. The van der Waals surface area contributed by atoms with Crippen LogP contribution in [0.4, 0.5) is 5.69 Å². The van der Waals surface area contributed by atoms with Gasteiger partial charge >= 0.3 is 5.97 Å². The Morgan fingerprint density at radius 1 is 1.24 bits per heavy atom. The predicted molar refractivity (Wildman–Crippen MR) is 96.1 cm³/mol. The van der Waals surface area contributed by atoms with Crippen LogP contribution in [0, 0.1) is 0 Å². The Morgan fingerprint density at radius 3 is 2.72 bits per heavy atom. The average molecular weight is 360 g/mol. The van der Waals surface area contributed by atoms with Crippen molar-refractivity contribution in [2.75, 3.05) is 17.5 Å². The molecule has 7 heteroatoms. The van der Waals surface area contributed by atoms with Gasteiger partial charge in [0.05, 0.1) is 17.5 Å². The molecule has 0 radical (unpaired) electrons. The Morgan fingerprint density at radius 2 is 2.00 bits per heavy atom. The molecule has 6 nitrogen and oxygen atoms in total. The Balaban J connectivity index is 1.77. The van der Waals surface area contributed by atoms with Crippen LogP contribution in [0.1, 0.15) is 27.0 Å². The van der Waals surface area contributed by atoms with Crippen LogP contribution >= 0.6 is 0 Å². The first kappa shape index (κ1) is 17.4. The number of nitrogens with zero attached hydrogens (tertiary/aromatic N) is 1. The number of nitrogens with one attached hydrogen (secondary N) is 1. The predicted octanol–water partition coefficient (Wildman–Crippen LogP) is 2.31. The normalized spacial score (nSPS) is 14.8. The third-order valence-corrected chi connectivity index (χ3v) is 4.81. The molecule has 1 aliphatic heterocycles. The zero-order valence-electron chi connectivity index (χ0n) is 13.9. The fourth-order valence-corrected chi connectivity index (χ4v) is 3.75. The molecule has 0 fully saturated rings. The highest BCUT2D eigenvalue weighted by atomic mass is 32.2. The van der Waals surface area contributed by atoms with E-state index in [0.717, 1.165) is 35.9 Å². The van der Waals surface area contributed by atoms with Gasteiger partial charge < -0.3 is 5.11 Å². The Kier molecular flexibility index (Phi) is 4.78. The number of carboxylic acid groups (broad SMARTS) is 1. The zero-order valence-corrected chi connectivity index (χ0v) is 14.7. The largest absolute Gasteiger partial charge is 0.478 e. The maximum atomic E-state index is 11.5. The molecule has 0 atom stereocenters. The SMILES string of the molecule is CS(=O)(=O)Nc1cccc2c1CCN(Cc1cccc(C(=O)O)c1)C2. The molecule has 2 aromatic carbocycles. The van der Waals surface area contributed by atoms with Crippen molar-refractivity contribution in [2.45, 2.75) is 19.5 Å². The standard InChI is InChI=1S/C18H20N2O4S/c1-25(23,24)19-17-7-3-6-15-12-20(9-8-16(15)17)11-13-4-2-5-14(10-13)18(21)22/h2-7,10,19H,8-9,11-12H2,1H3,(H,21,22). The van der Waals surface area contributed by atoms with Gasteiger partial charge in [0, 0.05) is 19.6 Å². The number of aromatic carboxylic acids is 1. The van der Waals surface area contributed by atoms with Crippen LogP contribution in [-0.2, 0) is 29.5 Å². The van der Waals surface area contributed by atoms with E-state index in [0.29, 0.717) is 18.8 Å². The molecular formula is C18H20N2O4S. The lowest BCUT2D eigenvalue weighted by molar-refractivity contribution is 0.0696. The number of fused-ring (bicyclic) bond motifs is 1. The van der Waals surface area contributed by atoms with Crippen LogP contribution < -0.4 is 4.72 Å². The second-order valence-electron chi connectivity index (χ2n) is 6.28.